The number of halogens is 2. The minimum absolute atomic E-state index is 0.0823. The fourth-order valence-electron chi connectivity index (χ4n) is 2.57. The second-order valence-corrected chi connectivity index (χ2v) is 7.50. The van der Waals surface area contributed by atoms with E-state index in [-0.39, 0.29) is 23.9 Å². The number of hydrogen-bond acceptors (Lipinski definition) is 5. The minimum Gasteiger partial charge on any atom is -0.468 e. The van der Waals surface area contributed by atoms with E-state index in [1.807, 2.05) is 0 Å². The first-order valence-corrected chi connectivity index (χ1v) is 9.68. The molecule has 0 aliphatic heterocycles. The number of anilines is 1. The van der Waals surface area contributed by atoms with Crippen LogP contribution in [0.1, 0.15) is 15.2 Å². The molecular formula is C20H16ClFN2O4S. The third-order valence-corrected chi connectivity index (χ3v) is 5.69. The highest BCUT2D eigenvalue weighted by Gasteiger charge is 2.18. The van der Waals surface area contributed by atoms with Crippen molar-refractivity contribution in [2.75, 3.05) is 19.0 Å². The van der Waals surface area contributed by atoms with E-state index in [1.54, 1.807) is 30.3 Å². The van der Waals surface area contributed by atoms with E-state index in [9.17, 15) is 18.8 Å². The van der Waals surface area contributed by atoms with E-state index in [1.165, 1.54) is 19.2 Å². The van der Waals surface area contributed by atoms with Crippen LogP contribution in [0, 0.1) is 5.82 Å². The maximum Gasteiger partial charge on any atom is 0.325 e. The number of benzene rings is 2. The number of fused-ring (bicyclic) bond motifs is 1. The van der Waals surface area contributed by atoms with Crippen LogP contribution in [0.15, 0.2) is 42.5 Å². The Kier molecular flexibility index (Phi) is 6.46. The Morgan fingerprint density at radius 3 is 2.55 bits per heavy atom. The van der Waals surface area contributed by atoms with Crippen LogP contribution in [-0.4, -0.2) is 31.4 Å². The van der Waals surface area contributed by atoms with Crippen molar-refractivity contribution >= 4 is 56.5 Å². The van der Waals surface area contributed by atoms with Gasteiger partial charge in [-0.1, -0.05) is 23.7 Å². The molecule has 6 nitrogen and oxygen atoms in total. The molecule has 29 heavy (non-hydrogen) atoms. The fraction of sp³-hybridized carbons (Fsp3) is 0.150. The van der Waals surface area contributed by atoms with E-state index in [2.05, 4.69) is 15.4 Å². The molecule has 9 heteroatoms. The Labute approximate surface area is 174 Å². The van der Waals surface area contributed by atoms with Crippen LogP contribution in [0.4, 0.5) is 10.1 Å². The molecule has 150 valence electrons. The summed E-state index contributed by atoms with van der Waals surface area (Å²) in [5.41, 5.74) is 1.23. The van der Waals surface area contributed by atoms with Crippen LogP contribution in [0.5, 0.6) is 0 Å². The van der Waals surface area contributed by atoms with Gasteiger partial charge in [0.05, 0.1) is 18.6 Å². The average molecular weight is 435 g/mol. The van der Waals surface area contributed by atoms with Gasteiger partial charge in [-0.3, -0.25) is 14.4 Å². The van der Waals surface area contributed by atoms with Crippen molar-refractivity contribution < 1.29 is 23.5 Å². The molecule has 0 aliphatic rings. The van der Waals surface area contributed by atoms with Gasteiger partial charge in [0.1, 0.15) is 17.2 Å². The molecule has 0 aliphatic carbocycles. The molecule has 0 spiro atoms. The number of carbonyl (C=O) groups excluding carboxylic acids is 3. The van der Waals surface area contributed by atoms with Gasteiger partial charge >= 0.3 is 5.97 Å². The van der Waals surface area contributed by atoms with Crippen LogP contribution in [0.2, 0.25) is 5.02 Å². The van der Waals surface area contributed by atoms with Crippen LogP contribution in [0.25, 0.3) is 10.1 Å². The van der Waals surface area contributed by atoms with E-state index >= 15 is 0 Å². The fourth-order valence-corrected chi connectivity index (χ4v) is 4.01. The van der Waals surface area contributed by atoms with Gasteiger partial charge in [0.25, 0.3) is 5.91 Å². The molecule has 2 N–H and O–H groups in total. The standard InChI is InChI=1S/C20H16ClFN2O4S/c1-28-17(26)10-23-16(25)8-11-2-5-13(6-3-11)24-20(27)19-18(21)14-7-4-12(22)9-15(14)29-19/h2-7,9H,8,10H2,1H3,(H,23,25)(H,24,27). The number of hydrogen-bond donors (Lipinski definition) is 2. The molecule has 0 fully saturated rings. The first-order valence-electron chi connectivity index (χ1n) is 8.48. The average Bonchev–Trinajstić information content (AvgIpc) is 3.03. The minimum atomic E-state index is -0.529. The second kappa shape index (κ2) is 9.02. The van der Waals surface area contributed by atoms with Gasteiger partial charge in [-0.05, 0) is 35.9 Å². The SMILES string of the molecule is COC(=O)CNC(=O)Cc1ccc(NC(=O)c2sc3cc(F)ccc3c2Cl)cc1. The molecule has 1 heterocycles. The molecular weight excluding hydrogens is 419 g/mol. The van der Waals surface area contributed by atoms with Gasteiger partial charge in [-0.2, -0.15) is 0 Å². The van der Waals surface area contributed by atoms with Gasteiger partial charge in [0.2, 0.25) is 5.91 Å². The molecule has 1 aromatic heterocycles. The zero-order valence-electron chi connectivity index (χ0n) is 15.3. The first-order chi connectivity index (χ1) is 13.9. The van der Waals surface area contributed by atoms with Gasteiger partial charge < -0.3 is 15.4 Å². The summed E-state index contributed by atoms with van der Waals surface area (Å²) in [6, 6.07) is 10.9. The number of nitrogens with one attached hydrogen (secondary N) is 2. The molecule has 0 atom stereocenters. The van der Waals surface area contributed by atoms with Crippen molar-refractivity contribution in [1.29, 1.82) is 0 Å². The lowest BCUT2D eigenvalue weighted by Crippen LogP contribution is -2.31. The number of rotatable bonds is 6. The maximum atomic E-state index is 13.4. The number of esters is 1. The smallest absolute Gasteiger partial charge is 0.325 e. The Bertz CT molecular complexity index is 1080. The Hall–Kier alpha value is -2.97. The molecule has 3 aromatic rings. The zero-order valence-corrected chi connectivity index (χ0v) is 16.8. The predicted molar refractivity (Wildman–Crippen MR) is 110 cm³/mol. The predicted octanol–water partition coefficient (Wildman–Crippen LogP) is 3.78. The molecule has 2 aromatic carbocycles. The lowest BCUT2D eigenvalue weighted by atomic mass is 10.1. The van der Waals surface area contributed by atoms with Crippen molar-refractivity contribution in [2.45, 2.75) is 6.42 Å². The highest BCUT2D eigenvalue weighted by Crippen LogP contribution is 2.36. The van der Waals surface area contributed by atoms with Crippen molar-refractivity contribution in [3.05, 3.63) is 63.7 Å². The summed E-state index contributed by atoms with van der Waals surface area (Å²) in [5.74, 6) is -1.65. The monoisotopic (exact) mass is 434 g/mol. The normalized spacial score (nSPS) is 10.6. The first kappa shape index (κ1) is 20.8. The Morgan fingerprint density at radius 1 is 1.14 bits per heavy atom. The van der Waals surface area contributed by atoms with Crippen LogP contribution >= 0.6 is 22.9 Å². The summed E-state index contributed by atoms with van der Waals surface area (Å²) in [4.78, 5) is 35.7. The number of amides is 2. The number of ether oxygens (including phenoxy) is 1. The van der Waals surface area contributed by atoms with Crippen molar-refractivity contribution in [3.8, 4) is 0 Å². The third-order valence-electron chi connectivity index (χ3n) is 4.03. The highest BCUT2D eigenvalue weighted by atomic mass is 35.5. The molecule has 0 bridgehead atoms. The maximum absolute atomic E-state index is 13.4. The number of methoxy groups -OCH3 is 1. The van der Waals surface area contributed by atoms with Crippen molar-refractivity contribution in [3.63, 3.8) is 0 Å². The van der Waals surface area contributed by atoms with Gasteiger partial charge in [0, 0.05) is 15.8 Å². The van der Waals surface area contributed by atoms with Gasteiger partial charge in [0.15, 0.2) is 0 Å². The molecule has 0 saturated carbocycles. The lowest BCUT2D eigenvalue weighted by Gasteiger charge is -2.07. The zero-order chi connectivity index (χ0) is 21.0. The van der Waals surface area contributed by atoms with Gasteiger partial charge in [-0.25, -0.2) is 4.39 Å². The topological polar surface area (TPSA) is 84.5 Å². The summed E-state index contributed by atoms with van der Waals surface area (Å²) in [5, 5.41) is 6.09. The van der Waals surface area contributed by atoms with Crippen molar-refractivity contribution in [1.82, 2.24) is 5.32 Å². The molecule has 2 amide bonds. The lowest BCUT2D eigenvalue weighted by molar-refractivity contribution is -0.141. The van der Waals surface area contributed by atoms with Crippen LogP contribution < -0.4 is 10.6 Å². The molecule has 0 saturated heterocycles. The van der Waals surface area contributed by atoms with E-state index < -0.39 is 17.7 Å². The quantitative estimate of drug-likeness (QED) is 0.578. The highest BCUT2D eigenvalue weighted by molar-refractivity contribution is 7.21. The van der Waals surface area contributed by atoms with Crippen molar-refractivity contribution in [2.24, 2.45) is 0 Å². The summed E-state index contributed by atoms with van der Waals surface area (Å²) in [6.07, 6.45) is 0.0823. The molecule has 0 radical (unpaired) electrons. The largest absolute Gasteiger partial charge is 0.468 e. The van der Waals surface area contributed by atoms with E-state index in [0.717, 1.165) is 11.3 Å². The van der Waals surface area contributed by atoms with E-state index in [4.69, 9.17) is 11.6 Å². The number of carbonyl (C=O) groups is 3. The Morgan fingerprint density at radius 2 is 1.86 bits per heavy atom. The van der Waals surface area contributed by atoms with Crippen LogP contribution in [-0.2, 0) is 20.7 Å². The van der Waals surface area contributed by atoms with E-state index in [0.29, 0.717) is 26.2 Å². The summed E-state index contributed by atoms with van der Waals surface area (Å²) >= 11 is 7.38. The summed E-state index contributed by atoms with van der Waals surface area (Å²) < 4.78 is 18.4. The third kappa shape index (κ3) is 5.10. The Balaban J connectivity index is 1.64. The van der Waals surface area contributed by atoms with Gasteiger partial charge in [-0.15, -0.1) is 11.3 Å². The summed E-state index contributed by atoms with van der Waals surface area (Å²) in [7, 11) is 1.24. The summed E-state index contributed by atoms with van der Waals surface area (Å²) in [6.45, 7) is -0.191. The molecule has 0 unspecified atom stereocenters. The van der Waals surface area contributed by atoms with Crippen LogP contribution in [0.3, 0.4) is 0 Å². The second-order valence-electron chi connectivity index (χ2n) is 6.07. The molecule has 3 rings (SSSR count). The number of thiophene rings is 1.